The molecule has 0 saturated heterocycles. The predicted molar refractivity (Wildman–Crippen MR) is 76.8 cm³/mol. The van der Waals surface area contributed by atoms with Gasteiger partial charge >= 0.3 is 0 Å². The normalized spacial score (nSPS) is 11.0. The van der Waals surface area contributed by atoms with Crippen LogP contribution in [0, 0.1) is 20.8 Å². The number of aromatic nitrogens is 4. The molecular weight excluding hydrogens is 254 g/mol. The van der Waals surface area contributed by atoms with E-state index in [9.17, 15) is 0 Å². The highest BCUT2D eigenvalue weighted by atomic mass is 15.3. The van der Waals surface area contributed by atoms with Gasteiger partial charge in [-0.3, -0.25) is 0 Å². The van der Waals surface area contributed by atoms with Crippen LogP contribution in [0.2, 0.25) is 0 Å². The lowest BCUT2D eigenvalue weighted by atomic mass is 10.1. The maximum atomic E-state index is 8.61. The van der Waals surface area contributed by atoms with Crippen LogP contribution in [0.4, 0.5) is 5.95 Å². The monoisotopic (exact) mass is 267 g/mol. The predicted octanol–water partition coefficient (Wildman–Crippen LogP) is 3.38. The Morgan fingerprint density at radius 2 is 1.80 bits per heavy atom. The largest absolute Gasteiger partial charge is 0.325 e. The molecule has 0 aliphatic rings. The van der Waals surface area contributed by atoms with Crippen molar-refractivity contribution in [1.82, 2.24) is 19.5 Å². The zero-order valence-corrected chi connectivity index (χ0v) is 11.7. The third kappa shape index (κ3) is 1.60. The smallest absolute Gasteiger partial charge is 0.197 e. The van der Waals surface area contributed by atoms with Gasteiger partial charge in [-0.1, -0.05) is 0 Å². The SMILES string of the molecule is Cc1nc2cc(C)c3c(nc(N=[N+]=[N-])n3C)c2nc1C. The first-order chi connectivity index (χ1) is 9.52. The number of nitrogens with zero attached hydrogens (tertiary/aromatic N) is 7. The van der Waals surface area contributed by atoms with Crippen molar-refractivity contribution in [2.75, 3.05) is 0 Å². The maximum Gasteiger partial charge on any atom is 0.197 e. The van der Waals surface area contributed by atoms with Gasteiger partial charge in [0.1, 0.15) is 11.0 Å². The van der Waals surface area contributed by atoms with E-state index in [1.54, 1.807) is 4.57 Å². The van der Waals surface area contributed by atoms with Crippen molar-refractivity contribution < 1.29 is 0 Å². The quantitative estimate of drug-likeness (QED) is 0.384. The number of benzene rings is 1. The summed E-state index contributed by atoms with van der Waals surface area (Å²) in [7, 11) is 1.83. The second kappa shape index (κ2) is 4.18. The van der Waals surface area contributed by atoms with Gasteiger partial charge in [0.05, 0.1) is 22.4 Å². The Morgan fingerprint density at radius 1 is 1.10 bits per heavy atom. The summed E-state index contributed by atoms with van der Waals surface area (Å²) in [4.78, 5) is 16.4. The summed E-state index contributed by atoms with van der Waals surface area (Å²) >= 11 is 0. The Labute approximate surface area is 114 Å². The third-order valence-corrected chi connectivity index (χ3v) is 3.49. The van der Waals surface area contributed by atoms with Gasteiger partial charge in [-0.25, -0.2) is 15.0 Å². The molecule has 100 valence electrons. The van der Waals surface area contributed by atoms with Gasteiger partial charge in [0, 0.05) is 12.0 Å². The molecule has 0 aliphatic heterocycles. The second-order valence-corrected chi connectivity index (χ2v) is 4.81. The first kappa shape index (κ1) is 12.4. The zero-order chi connectivity index (χ0) is 14.4. The molecule has 0 radical (unpaired) electrons. The van der Waals surface area contributed by atoms with Crippen molar-refractivity contribution in [1.29, 1.82) is 0 Å². The molecule has 0 spiro atoms. The number of azide groups is 1. The summed E-state index contributed by atoms with van der Waals surface area (Å²) in [6, 6.07) is 1.98. The number of hydrogen-bond acceptors (Lipinski definition) is 4. The van der Waals surface area contributed by atoms with Gasteiger partial charge in [-0.05, 0) is 43.0 Å². The first-order valence-electron chi connectivity index (χ1n) is 6.19. The van der Waals surface area contributed by atoms with E-state index in [2.05, 4.69) is 25.0 Å². The number of aryl methyl sites for hydroxylation is 4. The van der Waals surface area contributed by atoms with E-state index in [-0.39, 0.29) is 0 Å². The van der Waals surface area contributed by atoms with Crippen LogP contribution < -0.4 is 0 Å². The molecule has 0 atom stereocenters. The van der Waals surface area contributed by atoms with Gasteiger partial charge in [0.2, 0.25) is 0 Å². The molecular formula is C13H13N7. The number of imidazole rings is 1. The molecule has 1 aromatic carbocycles. The molecule has 3 rings (SSSR count). The number of hydrogen-bond donors (Lipinski definition) is 0. The van der Waals surface area contributed by atoms with Gasteiger partial charge in [0.25, 0.3) is 0 Å². The Hall–Kier alpha value is -2.66. The summed E-state index contributed by atoms with van der Waals surface area (Å²) in [5.41, 5.74) is 14.6. The molecule has 0 bridgehead atoms. The lowest BCUT2D eigenvalue weighted by molar-refractivity contribution is 0.936. The van der Waals surface area contributed by atoms with E-state index >= 15 is 0 Å². The standard InChI is InChI=1S/C13H13N7/c1-6-5-9-10(16-8(3)7(2)15-9)11-12(6)20(4)13(17-11)18-19-14/h5H,1-4H3. The van der Waals surface area contributed by atoms with E-state index in [1.807, 2.05) is 33.9 Å². The minimum atomic E-state index is 0.332. The van der Waals surface area contributed by atoms with Crippen molar-refractivity contribution in [3.8, 4) is 0 Å². The minimum absolute atomic E-state index is 0.332. The fourth-order valence-corrected chi connectivity index (χ4v) is 2.40. The Bertz CT molecular complexity index is 900. The van der Waals surface area contributed by atoms with E-state index < -0.39 is 0 Å². The zero-order valence-electron chi connectivity index (χ0n) is 11.7. The van der Waals surface area contributed by atoms with E-state index in [1.165, 1.54) is 0 Å². The summed E-state index contributed by atoms with van der Waals surface area (Å²) in [5.74, 6) is 0.332. The average molecular weight is 267 g/mol. The minimum Gasteiger partial charge on any atom is -0.325 e. The molecule has 20 heavy (non-hydrogen) atoms. The van der Waals surface area contributed by atoms with Gasteiger partial charge in [-0.2, -0.15) is 0 Å². The van der Waals surface area contributed by atoms with Crippen LogP contribution in [0.25, 0.3) is 32.5 Å². The summed E-state index contributed by atoms with van der Waals surface area (Å²) < 4.78 is 1.78. The Balaban J connectivity index is 2.55. The van der Waals surface area contributed by atoms with Crippen LogP contribution in [-0.2, 0) is 7.05 Å². The van der Waals surface area contributed by atoms with E-state index in [0.29, 0.717) is 5.95 Å². The number of rotatable bonds is 1. The van der Waals surface area contributed by atoms with Gasteiger partial charge in [-0.15, -0.1) is 0 Å². The molecule has 0 fully saturated rings. The lowest BCUT2D eigenvalue weighted by Gasteiger charge is -2.06. The average Bonchev–Trinajstić information content (AvgIpc) is 2.71. The summed E-state index contributed by atoms with van der Waals surface area (Å²) in [5, 5.41) is 3.62. The third-order valence-electron chi connectivity index (χ3n) is 3.49. The van der Waals surface area contributed by atoms with Crippen molar-refractivity contribution >= 4 is 28.0 Å². The van der Waals surface area contributed by atoms with Crippen LogP contribution in [0.15, 0.2) is 11.2 Å². The van der Waals surface area contributed by atoms with Gasteiger partial charge < -0.3 is 4.57 Å². The van der Waals surface area contributed by atoms with Crippen LogP contribution in [-0.4, -0.2) is 19.5 Å². The van der Waals surface area contributed by atoms with Crippen molar-refractivity contribution in [2.45, 2.75) is 20.8 Å². The molecule has 0 amide bonds. The maximum absolute atomic E-state index is 8.61. The fraction of sp³-hybridized carbons (Fsp3) is 0.308. The molecule has 0 aliphatic carbocycles. The fourth-order valence-electron chi connectivity index (χ4n) is 2.40. The van der Waals surface area contributed by atoms with Gasteiger partial charge in [0.15, 0.2) is 5.95 Å². The molecule has 0 unspecified atom stereocenters. The Kier molecular flexibility index (Phi) is 2.59. The molecule has 7 heteroatoms. The second-order valence-electron chi connectivity index (χ2n) is 4.81. The molecule has 7 nitrogen and oxygen atoms in total. The van der Waals surface area contributed by atoms with E-state index in [0.717, 1.165) is 39.0 Å². The topological polar surface area (TPSA) is 92.4 Å². The van der Waals surface area contributed by atoms with Crippen LogP contribution in [0.3, 0.4) is 0 Å². The summed E-state index contributed by atoms with van der Waals surface area (Å²) in [6.07, 6.45) is 0. The highest BCUT2D eigenvalue weighted by molar-refractivity contribution is 6.02. The molecule has 3 aromatic rings. The van der Waals surface area contributed by atoms with Crippen molar-refractivity contribution in [3.05, 3.63) is 33.5 Å². The lowest BCUT2D eigenvalue weighted by Crippen LogP contribution is -1.96. The number of fused-ring (bicyclic) bond motifs is 3. The van der Waals surface area contributed by atoms with Crippen molar-refractivity contribution in [2.24, 2.45) is 12.2 Å². The molecule has 2 aromatic heterocycles. The summed E-state index contributed by atoms with van der Waals surface area (Å²) in [6.45, 7) is 5.84. The van der Waals surface area contributed by atoms with E-state index in [4.69, 9.17) is 5.53 Å². The first-order valence-corrected chi connectivity index (χ1v) is 6.19. The van der Waals surface area contributed by atoms with Crippen LogP contribution in [0.1, 0.15) is 17.0 Å². The van der Waals surface area contributed by atoms with Crippen LogP contribution in [0.5, 0.6) is 0 Å². The van der Waals surface area contributed by atoms with Crippen molar-refractivity contribution in [3.63, 3.8) is 0 Å². The Morgan fingerprint density at radius 3 is 2.50 bits per heavy atom. The van der Waals surface area contributed by atoms with Crippen LogP contribution >= 0.6 is 0 Å². The molecule has 0 N–H and O–H groups in total. The highest BCUT2D eigenvalue weighted by Crippen LogP contribution is 2.29. The molecule has 0 saturated carbocycles. The molecule has 2 heterocycles. The highest BCUT2D eigenvalue weighted by Gasteiger charge is 2.15.